The molecule has 2 rings (SSSR count). The van der Waals surface area contributed by atoms with Gasteiger partial charge >= 0.3 is 6.18 Å². The first-order chi connectivity index (χ1) is 11.0. The molecule has 0 saturated heterocycles. The molecule has 0 heterocycles. The average molecular weight is 361 g/mol. The van der Waals surface area contributed by atoms with Crippen molar-refractivity contribution in [2.45, 2.75) is 25.4 Å². The number of nitriles is 1. The van der Waals surface area contributed by atoms with Crippen LogP contribution in [0.5, 0.6) is 0 Å². The lowest BCUT2D eigenvalue weighted by Gasteiger charge is -2.23. The molecule has 24 heavy (non-hydrogen) atoms. The Labute approximate surface area is 136 Å². The first-order valence-electron chi connectivity index (χ1n) is 7.12. The van der Waals surface area contributed by atoms with E-state index in [0.717, 1.165) is 6.08 Å². The number of hydrogen-bond acceptors (Lipinski definition) is 5. The number of allylic oxidation sites excluding steroid dienone is 4. The molecule has 0 radical (unpaired) electrons. The Kier molecular flexibility index (Phi) is 4.72. The van der Waals surface area contributed by atoms with Gasteiger partial charge in [0.05, 0.1) is 6.07 Å². The van der Waals surface area contributed by atoms with Crippen LogP contribution in [0.1, 0.15) is 19.3 Å². The second-order valence-corrected chi connectivity index (χ2v) is 7.88. The maximum absolute atomic E-state index is 12.9. The van der Waals surface area contributed by atoms with Gasteiger partial charge < -0.3 is 0 Å². The smallest absolute Gasteiger partial charge is 0.298 e. The fourth-order valence-corrected chi connectivity index (χ4v) is 3.72. The highest BCUT2D eigenvalue weighted by molar-refractivity contribution is 7.95. The molecule has 0 spiro atoms. The van der Waals surface area contributed by atoms with E-state index in [1.54, 1.807) is 6.07 Å². The lowest BCUT2D eigenvalue weighted by molar-refractivity contribution is -0.168. The van der Waals surface area contributed by atoms with Crippen molar-refractivity contribution in [2.75, 3.05) is 6.26 Å². The number of hydrogen-bond donors (Lipinski definition) is 0. The Morgan fingerprint density at radius 1 is 1.42 bits per heavy atom. The molecule has 2 atom stereocenters. The highest BCUT2D eigenvalue weighted by Gasteiger charge is 2.48. The summed E-state index contributed by atoms with van der Waals surface area (Å²) in [7, 11) is -4.24. The van der Waals surface area contributed by atoms with Crippen molar-refractivity contribution in [3.05, 3.63) is 22.6 Å². The topological polar surface area (TPSA) is 92.1 Å². The van der Waals surface area contributed by atoms with Crippen LogP contribution in [0.2, 0.25) is 0 Å². The normalized spacial score (nSPS) is 23.1. The SMILES string of the molecule is CS(=O)(=O)C1=C(CC(C#N)C(=O)C2CC2)C=CC(C(F)(F)F)C1=O. The second kappa shape index (κ2) is 6.16. The molecule has 0 aliphatic heterocycles. The molecule has 2 aliphatic carbocycles. The minimum atomic E-state index is -4.91. The lowest BCUT2D eigenvalue weighted by Crippen LogP contribution is -2.34. The van der Waals surface area contributed by atoms with Crippen molar-refractivity contribution in [3.8, 4) is 6.07 Å². The van der Waals surface area contributed by atoms with Crippen LogP contribution < -0.4 is 0 Å². The molecule has 2 aliphatic rings. The third-order valence-corrected chi connectivity index (χ3v) is 5.12. The van der Waals surface area contributed by atoms with Gasteiger partial charge in [0, 0.05) is 12.2 Å². The largest absolute Gasteiger partial charge is 0.402 e. The molecule has 9 heteroatoms. The zero-order valence-corrected chi connectivity index (χ0v) is 13.4. The van der Waals surface area contributed by atoms with Gasteiger partial charge in [-0.3, -0.25) is 9.59 Å². The Morgan fingerprint density at radius 3 is 2.42 bits per heavy atom. The summed E-state index contributed by atoms with van der Waals surface area (Å²) in [5.74, 6) is -5.91. The van der Waals surface area contributed by atoms with Gasteiger partial charge in [-0.1, -0.05) is 12.2 Å². The Bertz CT molecular complexity index is 783. The highest BCUT2D eigenvalue weighted by Crippen LogP contribution is 2.38. The third kappa shape index (κ3) is 3.75. The van der Waals surface area contributed by atoms with E-state index in [9.17, 15) is 31.2 Å². The number of nitrogens with zero attached hydrogens (tertiary/aromatic N) is 1. The number of ketones is 2. The molecule has 2 unspecified atom stereocenters. The van der Waals surface area contributed by atoms with Crippen LogP contribution in [0.15, 0.2) is 22.6 Å². The van der Waals surface area contributed by atoms with Crippen LogP contribution in [0, 0.1) is 29.1 Å². The maximum Gasteiger partial charge on any atom is 0.402 e. The van der Waals surface area contributed by atoms with Crippen molar-refractivity contribution in [1.29, 1.82) is 5.26 Å². The van der Waals surface area contributed by atoms with Crippen molar-refractivity contribution in [2.24, 2.45) is 17.8 Å². The molecular weight excluding hydrogens is 347 g/mol. The summed E-state index contributed by atoms with van der Waals surface area (Å²) < 4.78 is 62.2. The van der Waals surface area contributed by atoms with E-state index in [4.69, 9.17) is 5.26 Å². The fraction of sp³-hybridized carbons (Fsp3) is 0.533. The molecule has 0 bridgehead atoms. The van der Waals surface area contributed by atoms with E-state index in [-0.39, 0.29) is 23.7 Å². The number of Topliss-reactive ketones (excluding diaryl/α,β-unsaturated/α-hetero) is 2. The number of carbonyl (C=O) groups is 2. The van der Waals surface area contributed by atoms with Crippen LogP contribution in [0.25, 0.3) is 0 Å². The van der Waals surface area contributed by atoms with E-state index in [0.29, 0.717) is 25.2 Å². The molecule has 1 saturated carbocycles. The summed E-state index contributed by atoms with van der Waals surface area (Å²) in [4.78, 5) is 23.1. The van der Waals surface area contributed by atoms with E-state index >= 15 is 0 Å². The van der Waals surface area contributed by atoms with Gasteiger partial charge in [0.25, 0.3) is 0 Å². The molecule has 0 N–H and O–H groups in total. The fourth-order valence-electron chi connectivity index (χ4n) is 2.60. The number of halogens is 3. The van der Waals surface area contributed by atoms with Crippen LogP contribution >= 0.6 is 0 Å². The molecular formula is C15H14F3NO4S. The monoisotopic (exact) mass is 361 g/mol. The Morgan fingerprint density at radius 2 is 2.00 bits per heavy atom. The molecule has 1 fully saturated rings. The second-order valence-electron chi connectivity index (χ2n) is 5.93. The summed E-state index contributed by atoms with van der Waals surface area (Å²) in [6.45, 7) is 0. The molecule has 5 nitrogen and oxygen atoms in total. The standard InChI is InChI=1S/C15H14F3NO4S/c1-24(22,23)14-9(4-5-11(13(14)21)15(16,17)18)6-10(7-19)12(20)8-2-3-8/h4-5,8,10-11H,2-3,6H2,1H3. The quantitative estimate of drug-likeness (QED) is 0.748. The summed E-state index contributed by atoms with van der Waals surface area (Å²) in [5, 5.41) is 9.11. The van der Waals surface area contributed by atoms with Gasteiger partial charge in [0.2, 0.25) is 0 Å². The minimum Gasteiger partial charge on any atom is -0.298 e. The predicted molar refractivity (Wildman–Crippen MR) is 77.0 cm³/mol. The number of carbonyl (C=O) groups excluding carboxylic acids is 2. The van der Waals surface area contributed by atoms with Crippen LogP contribution in [0.4, 0.5) is 13.2 Å². The molecule has 0 amide bonds. The summed E-state index contributed by atoms with van der Waals surface area (Å²) >= 11 is 0. The summed E-state index contributed by atoms with van der Waals surface area (Å²) in [6.07, 6.45) is -1.92. The van der Waals surface area contributed by atoms with Gasteiger partial charge in [0.1, 0.15) is 16.7 Å². The highest BCUT2D eigenvalue weighted by atomic mass is 32.2. The molecule has 130 valence electrons. The lowest BCUT2D eigenvalue weighted by atomic mass is 9.88. The average Bonchev–Trinajstić information content (AvgIpc) is 3.25. The van der Waals surface area contributed by atoms with Crippen molar-refractivity contribution in [3.63, 3.8) is 0 Å². The summed E-state index contributed by atoms with van der Waals surface area (Å²) in [5.41, 5.74) is -0.219. The Balaban J connectivity index is 2.41. The van der Waals surface area contributed by atoms with Crippen LogP contribution in [-0.4, -0.2) is 32.4 Å². The zero-order valence-electron chi connectivity index (χ0n) is 12.6. The molecule has 0 aromatic carbocycles. The maximum atomic E-state index is 12.9. The molecule has 0 aromatic rings. The molecule has 0 aromatic heterocycles. The van der Waals surface area contributed by atoms with E-state index in [1.165, 1.54) is 0 Å². The first-order valence-corrected chi connectivity index (χ1v) is 9.01. The third-order valence-electron chi connectivity index (χ3n) is 3.91. The van der Waals surface area contributed by atoms with Gasteiger partial charge in [-0.25, -0.2) is 8.42 Å². The zero-order chi connectivity index (χ0) is 18.3. The van der Waals surface area contributed by atoms with Gasteiger partial charge in [-0.15, -0.1) is 0 Å². The van der Waals surface area contributed by atoms with E-state index < -0.39 is 38.5 Å². The summed E-state index contributed by atoms with van der Waals surface area (Å²) in [6, 6.07) is 1.75. The van der Waals surface area contributed by atoms with Crippen LogP contribution in [-0.2, 0) is 19.4 Å². The number of sulfone groups is 1. The van der Waals surface area contributed by atoms with Crippen molar-refractivity contribution >= 4 is 21.4 Å². The first kappa shape index (κ1) is 18.4. The number of alkyl halides is 3. The van der Waals surface area contributed by atoms with Crippen molar-refractivity contribution < 1.29 is 31.2 Å². The van der Waals surface area contributed by atoms with Gasteiger partial charge in [0.15, 0.2) is 21.4 Å². The van der Waals surface area contributed by atoms with E-state index in [2.05, 4.69) is 0 Å². The van der Waals surface area contributed by atoms with E-state index in [1.807, 2.05) is 0 Å². The van der Waals surface area contributed by atoms with Crippen molar-refractivity contribution in [1.82, 2.24) is 0 Å². The Hall–Kier alpha value is -1.95. The van der Waals surface area contributed by atoms with Gasteiger partial charge in [-0.05, 0) is 24.8 Å². The van der Waals surface area contributed by atoms with Gasteiger partial charge in [-0.2, -0.15) is 18.4 Å². The predicted octanol–water partition coefficient (Wildman–Crippen LogP) is 2.11. The number of rotatable bonds is 5. The minimum absolute atomic E-state index is 0.219. The van der Waals surface area contributed by atoms with Crippen LogP contribution in [0.3, 0.4) is 0 Å².